The summed E-state index contributed by atoms with van der Waals surface area (Å²) in [5.41, 5.74) is 7.03. The molecule has 106 valence electrons. The van der Waals surface area contributed by atoms with Gasteiger partial charge in [-0.3, -0.25) is 9.78 Å². The maximum atomic E-state index is 12.3. The van der Waals surface area contributed by atoms with Gasteiger partial charge in [0.1, 0.15) is 11.3 Å². The standard InChI is InChI=1S/C14H12N4O2S/c15-13-11(14(19)17-8-10-4-2-6-21-10)12(18-20-13)9-3-1-5-16-7-9/h1-7H,8,15H2,(H,17,19). The number of nitrogen functional groups attached to an aromatic ring is 1. The molecule has 0 saturated heterocycles. The molecule has 0 unspecified atom stereocenters. The second-order valence-electron chi connectivity index (χ2n) is 4.27. The van der Waals surface area contributed by atoms with Crippen molar-refractivity contribution in [2.24, 2.45) is 0 Å². The molecular formula is C14H12N4O2S. The fraction of sp³-hybridized carbons (Fsp3) is 0.0714. The van der Waals surface area contributed by atoms with Gasteiger partial charge in [0.25, 0.3) is 5.91 Å². The summed E-state index contributed by atoms with van der Waals surface area (Å²) in [7, 11) is 0. The molecular weight excluding hydrogens is 288 g/mol. The molecule has 0 aliphatic heterocycles. The molecule has 0 bridgehead atoms. The van der Waals surface area contributed by atoms with Crippen LogP contribution >= 0.6 is 11.3 Å². The first-order valence-electron chi connectivity index (χ1n) is 6.22. The normalized spacial score (nSPS) is 10.5. The average Bonchev–Trinajstić information content (AvgIpc) is 3.15. The van der Waals surface area contributed by atoms with Gasteiger partial charge in [-0.1, -0.05) is 11.2 Å². The van der Waals surface area contributed by atoms with Crippen molar-refractivity contribution in [2.75, 3.05) is 5.73 Å². The van der Waals surface area contributed by atoms with Gasteiger partial charge >= 0.3 is 0 Å². The van der Waals surface area contributed by atoms with Gasteiger partial charge in [0, 0.05) is 22.8 Å². The lowest BCUT2D eigenvalue weighted by Gasteiger charge is -2.04. The van der Waals surface area contributed by atoms with Gasteiger partial charge in [0.15, 0.2) is 0 Å². The van der Waals surface area contributed by atoms with Crippen LogP contribution in [0.2, 0.25) is 0 Å². The Morgan fingerprint density at radius 3 is 3.00 bits per heavy atom. The summed E-state index contributed by atoms with van der Waals surface area (Å²) in [6, 6.07) is 7.43. The Kier molecular flexibility index (Phi) is 3.65. The van der Waals surface area contributed by atoms with Crippen molar-refractivity contribution in [1.29, 1.82) is 0 Å². The van der Waals surface area contributed by atoms with Gasteiger partial charge < -0.3 is 15.6 Å². The van der Waals surface area contributed by atoms with Crippen LogP contribution in [0.5, 0.6) is 0 Å². The molecule has 1 amide bonds. The van der Waals surface area contributed by atoms with E-state index in [1.165, 1.54) is 0 Å². The molecule has 0 aliphatic rings. The third-order valence-electron chi connectivity index (χ3n) is 2.88. The Morgan fingerprint density at radius 2 is 2.29 bits per heavy atom. The summed E-state index contributed by atoms with van der Waals surface area (Å²) >= 11 is 1.57. The molecule has 0 aromatic carbocycles. The van der Waals surface area contributed by atoms with Crippen LogP contribution in [0, 0.1) is 0 Å². The predicted octanol–water partition coefficient (Wildman–Crippen LogP) is 2.31. The minimum absolute atomic E-state index is 0.00228. The van der Waals surface area contributed by atoms with E-state index in [-0.39, 0.29) is 17.4 Å². The Hall–Kier alpha value is -2.67. The van der Waals surface area contributed by atoms with Crippen LogP contribution in [0.4, 0.5) is 5.88 Å². The van der Waals surface area contributed by atoms with Gasteiger partial charge in [-0.05, 0) is 23.6 Å². The third-order valence-corrected chi connectivity index (χ3v) is 3.76. The lowest BCUT2D eigenvalue weighted by molar-refractivity contribution is 0.0952. The fourth-order valence-electron chi connectivity index (χ4n) is 1.89. The van der Waals surface area contributed by atoms with Gasteiger partial charge in [0.2, 0.25) is 5.88 Å². The van der Waals surface area contributed by atoms with E-state index in [1.807, 2.05) is 17.5 Å². The summed E-state index contributed by atoms with van der Waals surface area (Å²) in [6.45, 7) is 0.438. The molecule has 0 fully saturated rings. The first-order valence-corrected chi connectivity index (χ1v) is 7.10. The second kappa shape index (κ2) is 5.76. The number of nitrogens with zero attached hydrogens (tertiary/aromatic N) is 2. The van der Waals surface area contributed by atoms with Gasteiger partial charge in [0.05, 0.1) is 6.54 Å². The number of pyridine rings is 1. The second-order valence-corrected chi connectivity index (χ2v) is 5.31. The van der Waals surface area contributed by atoms with Crippen molar-refractivity contribution < 1.29 is 9.32 Å². The van der Waals surface area contributed by atoms with Crippen LogP contribution in [-0.2, 0) is 6.54 Å². The summed E-state index contributed by atoms with van der Waals surface area (Å²) in [4.78, 5) is 17.4. The number of carbonyl (C=O) groups excluding carboxylic acids is 1. The molecule has 3 aromatic heterocycles. The van der Waals surface area contributed by atoms with Crippen molar-refractivity contribution in [2.45, 2.75) is 6.54 Å². The van der Waals surface area contributed by atoms with Crippen LogP contribution in [0.1, 0.15) is 15.2 Å². The minimum atomic E-state index is -0.319. The molecule has 0 spiro atoms. The summed E-state index contributed by atoms with van der Waals surface area (Å²) < 4.78 is 4.95. The monoisotopic (exact) mass is 300 g/mol. The van der Waals surface area contributed by atoms with Crippen molar-refractivity contribution in [3.05, 3.63) is 52.5 Å². The van der Waals surface area contributed by atoms with Crippen molar-refractivity contribution >= 4 is 23.1 Å². The molecule has 21 heavy (non-hydrogen) atoms. The third kappa shape index (κ3) is 2.77. The zero-order valence-corrected chi connectivity index (χ0v) is 11.8. The van der Waals surface area contributed by atoms with Gasteiger partial charge in [-0.15, -0.1) is 11.3 Å². The number of anilines is 1. The Morgan fingerprint density at radius 1 is 1.38 bits per heavy atom. The minimum Gasteiger partial charge on any atom is -0.367 e. The predicted molar refractivity (Wildman–Crippen MR) is 79.6 cm³/mol. The Balaban J connectivity index is 1.84. The van der Waals surface area contributed by atoms with E-state index in [9.17, 15) is 4.79 Å². The first-order chi connectivity index (χ1) is 10.3. The molecule has 6 nitrogen and oxygen atoms in total. The van der Waals surface area contributed by atoms with E-state index >= 15 is 0 Å². The summed E-state index contributed by atoms with van der Waals surface area (Å²) in [5.74, 6) is -0.321. The van der Waals surface area contributed by atoms with Crippen molar-refractivity contribution in [3.8, 4) is 11.3 Å². The number of nitrogens with two attached hydrogens (primary N) is 1. The number of thiophene rings is 1. The van der Waals surface area contributed by atoms with Crippen LogP contribution in [0.15, 0.2) is 46.6 Å². The molecule has 3 aromatic rings. The molecule has 0 radical (unpaired) electrons. The maximum absolute atomic E-state index is 12.3. The highest BCUT2D eigenvalue weighted by Gasteiger charge is 2.22. The SMILES string of the molecule is Nc1onc(-c2cccnc2)c1C(=O)NCc1cccs1. The maximum Gasteiger partial charge on any atom is 0.259 e. The topological polar surface area (TPSA) is 94.0 Å². The number of hydrogen-bond donors (Lipinski definition) is 2. The fourth-order valence-corrected chi connectivity index (χ4v) is 2.54. The van der Waals surface area contributed by atoms with Crippen LogP contribution in [-0.4, -0.2) is 16.0 Å². The Bertz CT molecular complexity index is 738. The van der Waals surface area contributed by atoms with Crippen molar-refractivity contribution in [1.82, 2.24) is 15.5 Å². The highest BCUT2D eigenvalue weighted by molar-refractivity contribution is 7.09. The van der Waals surface area contributed by atoms with Crippen LogP contribution < -0.4 is 11.1 Å². The van der Waals surface area contributed by atoms with E-state index in [1.54, 1.807) is 35.9 Å². The molecule has 3 heterocycles. The number of rotatable bonds is 4. The summed E-state index contributed by atoms with van der Waals surface area (Å²) in [5, 5.41) is 8.62. The molecule has 7 heteroatoms. The van der Waals surface area contributed by atoms with Crippen LogP contribution in [0.25, 0.3) is 11.3 Å². The van der Waals surface area contributed by atoms with Gasteiger partial charge in [-0.2, -0.15) is 0 Å². The molecule has 3 N–H and O–H groups in total. The number of aromatic nitrogens is 2. The molecule has 3 rings (SSSR count). The summed E-state index contributed by atoms with van der Waals surface area (Å²) in [6.07, 6.45) is 3.25. The lowest BCUT2D eigenvalue weighted by Crippen LogP contribution is -2.23. The van der Waals surface area contributed by atoms with Crippen LogP contribution in [0.3, 0.4) is 0 Å². The average molecular weight is 300 g/mol. The van der Waals surface area contributed by atoms with Gasteiger partial charge in [-0.25, -0.2) is 0 Å². The quantitative estimate of drug-likeness (QED) is 0.771. The van der Waals surface area contributed by atoms with E-state index in [2.05, 4.69) is 15.5 Å². The Labute approximate surface area is 124 Å². The smallest absolute Gasteiger partial charge is 0.259 e. The number of nitrogens with one attached hydrogen (secondary N) is 1. The zero-order chi connectivity index (χ0) is 14.7. The molecule has 0 aliphatic carbocycles. The lowest BCUT2D eigenvalue weighted by atomic mass is 10.1. The first kappa shape index (κ1) is 13.3. The number of carbonyl (C=O) groups is 1. The zero-order valence-electron chi connectivity index (χ0n) is 10.9. The molecule has 0 atom stereocenters. The highest BCUT2D eigenvalue weighted by Crippen LogP contribution is 2.26. The van der Waals surface area contributed by atoms with E-state index in [0.29, 0.717) is 17.8 Å². The van der Waals surface area contributed by atoms with E-state index in [4.69, 9.17) is 10.3 Å². The molecule has 0 saturated carbocycles. The largest absolute Gasteiger partial charge is 0.367 e. The highest BCUT2D eigenvalue weighted by atomic mass is 32.1. The van der Waals surface area contributed by atoms with E-state index in [0.717, 1.165) is 4.88 Å². The van der Waals surface area contributed by atoms with E-state index < -0.39 is 0 Å². The number of amides is 1. The number of hydrogen-bond acceptors (Lipinski definition) is 6. The van der Waals surface area contributed by atoms with Crippen molar-refractivity contribution in [3.63, 3.8) is 0 Å².